The maximum Gasteiger partial charge on any atom is 0.228 e. The lowest BCUT2D eigenvalue weighted by Crippen LogP contribution is -2.31. The molecule has 4 heterocycles. The van der Waals surface area contributed by atoms with Gasteiger partial charge in [0.15, 0.2) is 5.16 Å². The minimum Gasteiger partial charge on any atom is -0.376 e. The summed E-state index contributed by atoms with van der Waals surface area (Å²) in [6.45, 7) is 7.74. The van der Waals surface area contributed by atoms with Crippen LogP contribution in [0.3, 0.4) is 0 Å². The predicted molar refractivity (Wildman–Crippen MR) is 101 cm³/mol. The summed E-state index contributed by atoms with van der Waals surface area (Å²) in [5.41, 5.74) is 0. The Morgan fingerprint density at radius 2 is 1.76 bits per heavy atom. The van der Waals surface area contributed by atoms with E-state index >= 15 is 0 Å². The zero-order valence-corrected chi connectivity index (χ0v) is 16.1. The fourth-order valence-corrected chi connectivity index (χ4v) is 5.08. The fourth-order valence-electron chi connectivity index (χ4n) is 4.14. The number of thioether (sulfide) groups is 1. The monoisotopic (exact) mass is 365 g/mol. The standard InChI is InChI=1S/C18H31N5OS/c1-2-8-21(9-3-1)12-14-25-18-20-19-17(22-10-4-5-11-22)23(18)15-16-7-6-13-24-16/h16H,1-15H2. The normalized spacial score (nSPS) is 25.1. The second-order valence-electron chi connectivity index (χ2n) is 7.47. The lowest BCUT2D eigenvalue weighted by Gasteiger charge is -2.26. The Morgan fingerprint density at radius 1 is 0.960 bits per heavy atom. The van der Waals surface area contributed by atoms with Gasteiger partial charge in [-0.2, -0.15) is 0 Å². The van der Waals surface area contributed by atoms with Crippen LogP contribution < -0.4 is 4.90 Å². The number of hydrogen-bond acceptors (Lipinski definition) is 6. The first kappa shape index (κ1) is 17.6. The highest BCUT2D eigenvalue weighted by Crippen LogP contribution is 2.27. The van der Waals surface area contributed by atoms with E-state index in [2.05, 4.69) is 24.6 Å². The van der Waals surface area contributed by atoms with Gasteiger partial charge in [0.25, 0.3) is 0 Å². The SMILES string of the molecule is C1CCN(CCSc2nnc(N3CCCC3)n2CC2CCCO2)CC1. The Morgan fingerprint density at radius 3 is 2.52 bits per heavy atom. The smallest absolute Gasteiger partial charge is 0.228 e. The summed E-state index contributed by atoms with van der Waals surface area (Å²) in [4.78, 5) is 5.00. The van der Waals surface area contributed by atoms with Gasteiger partial charge in [0, 0.05) is 32.0 Å². The minimum atomic E-state index is 0.332. The van der Waals surface area contributed by atoms with Crippen LogP contribution in [0.2, 0.25) is 0 Å². The van der Waals surface area contributed by atoms with E-state index in [9.17, 15) is 0 Å². The average molecular weight is 366 g/mol. The molecule has 0 saturated carbocycles. The maximum absolute atomic E-state index is 5.89. The number of likely N-dealkylation sites (tertiary alicyclic amines) is 1. The summed E-state index contributed by atoms with van der Waals surface area (Å²) in [6, 6.07) is 0. The molecule has 4 rings (SSSR count). The van der Waals surface area contributed by atoms with E-state index in [0.29, 0.717) is 6.10 Å². The van der Waals surface area contributed by atoms with Gasteiger partial charge in [0.05, 0.1) is 12.6 Å². The second-order valence-corrected chi connectivity index (χ2v) is 8.54. The van der Waals surface area contributed by atoms with Crippen LogP contribution in [0.15, 0.2) is 5.16 Å². The van der Waals surface area contributed by atoms with Crippen LogP contribution in [0.25, 0.3) is 0 Å². The Labute approximate surface area is 155 Å². The van der Waals surface area contributed by atoms with Crippen molar-refractivity contribution in [3.63, 3.8) is 0 Å². The average Bonchev–Trinajstić information content (AvgIpc) is 3.39. The third-order valence-corrected chi connectivity index (χ3v) is 6.53. The van der Waals surface area contributed by atoms with Crippen LogP contribution in [0.5, 0.6) is 0 Å². The zero-order chi connectivity index (χ0) is 16.9. The first-order valence-electron chi connectivity index (χ1n) is 10.0. The Kier molecular flexibility index (Phi) is 6.15. The Balaban J connectivity index is 1.40. The molecule has 6 nitrogen and oxygen atoms in total. The van der Waals surface area contributed by atoms with Gasteiger partial charge in [-0.3, -0.25) is 4.57 Å². The lowest BCUT2D eigenvalue weighted by molar-refractivity contribution is 0.0952. The van der Waals surface area contributed by atoms with Gasteiger partial charge in [-0.15, -0.1) is 10.2 Å². The van der Waals surface area contributed by atoms with E-state index in [4.69, 9.17) is 4.74 Å². The van der Waals surface area contributed by atoms with E-state index in [1.807, 2.05) is 11.8 Å². The molecule has 0 aromatic carbocycles. The quantitative estimate of drug-likeness (QED) is 0.692. The highest BCUT2D eigenvalue weighted by molar-refractivity contribution is 7.99. The van der Waals surface area contributed by atoms with Crippen molar-refractivity contribution in [2.45, 2.75) is 62.8 Å². The van der Waals surface area contributed by atoms with Crippen LogP contribution in [0.4, 0.5) is 5.95 Å². The van der Waals surface area contributed by atoms with Crippen molar-refractivity contribution in [2.24, 2.45) is 0 Å². The van der Waals surface area contributed by atoms with Gasteiger partial charge >= 0.3 is 0 Å². The number of aromatic nitrogens is 3. The van der Waals surface area contributed by atoms with Crippen LogP contribution in [0, 0.1) is 0 Å². The highest BCUT2D eigenvalue weighted by atomic mass is 32.2. The molecule has 0 N–H and O–H groups in total. The van der Waals surface area contributed by atoms with Crippen molar-refractivity contribution in [1.29, 1.82) is 0 Å². The molecule has 1 aromatic rings. The number of anilines is 1. The molecule has 0 amide bonds. The molecule has 0 bridgehead atoms. The molecular formula is C18H31N5OS. The van der Waals surface area contributed by atoms with Crippen molar-refractivity contribution in [3.8, 4) is 0 Å². The predicted octanol–water partition coefficient (Wildman–Crippen LogP) is 2.64. The Bertz CT molecular complexity index is 534. The molecule has 0 radical (unpaired) electrons. The fraction of sp³-hybridized carbons (Fsp3) is 0.889. The van der Waals surface area contributed by atoms with E-state index in [1.165, 1.54) is 51.6 Å². The third kappa shape index (κ3) is 4.49. The molecule has 3 aliphatic rings. The van der Waals surface area contributed by atoms with E-state index in [0.717, 1.165) is 56.1 Å². The molecule has 0 spiro atoms. The number of ether oxygens (including phenoxy) is 1. The zero-order valence-electron chi connectivity index (χ0n) is 15.2. The summed E-state index contributed by atoms with van der Waals surface area (Å²) in [6.07, 6.45) is 9.34. The van der Waals surface area contributed by atoms with Crippen molar-refractivity contribution >= 4 is 17.7 Å². The molecular weight excluding hydrogens is 334 g/mol. The molecule has 3 fully saturated rings. The van der Waals surface area contributed by atoms with Crippen LogP contribution in [-0.2, 0) is 11.3 Å². The van der Waals surface area contributed by atoms with Gasteiger partial charge in [-0.05, 0) is 51.6 Å². The van der Waals surface area contributed by atoms with Crippen molar-refractivity contribution in [1.82, 2.24) is 19.7 Å². The number of hydrogen-bond donors (Lipinski definition) is 0. The summed E-state index contributed by atoms with van der Waals surface area (Å²) in [5.74, 6) is 2.16. The van der Waals surface area contributed by atoms with Crippen LogP contribution in [0.1, 0.15) is 44.9 Å². The van der Waals surface area contributed by atoms with Gasteiger partial charge in [-0.25, -0.2) is 0 Å². The first-order valence-corrected chi connectivity index (χ1v) is 11.0. The molecule has 0 aliphatic carbocycles. The number of nitrogens with zero attached hydrogens (tertiary/aromatic N) is 5. The number of rotatable bonds is 7. The summed E-state index contributed by atoms with van der Waals surface area (Å²) in [5, 5.41) is 10.2. The lowest BCUT2D eigenvalue weighted by atomic mass is 10.1. The van der Waals surface area contributed by atoms with Gasteiger partial charge in [0.1, 0.15) is 0 Å². The third-order valence-electron chi connectivity index (χ3n) is 5.58. The van der Waals surface area contributed by atoms with E-state index < -0.39 is 0 Å². The van der Waals surface area contributed by atoms with Crippen molar-refractivity contribution < 1.29 is 4.74 Å². The summed E-state index contributed by atoms with van der Waals surface area (Å²) >= 11 is 1.87. The van der Waals surface area contributed by atoms with Gasteiger partial charge in [0.2, 0.25) is 5.95 Å². The summed E-state index contributed by atoms with van der Waals surface area (Å²) < 4.78 is 8.22. The first-order chi connectivity index (χ1) is 12.4. The van der Waals surface area contributed by atoms with Crippen LogP contribution >= 0.6 is 11.8 Å². The molecule has 3 aliphatic heterocycles. The molecule has 3 saturated heterocycles. The molecule has 1 aromatic heterocycles. The van der Waals surface area contributed by atoms with Gasteiger partial charge in [-0.1, -0.05) is 18.2 Å². The second kappa shape index (κ2) is 8.73. The minimum absolute atomic E-state index is 0.332. The molecule has 7 heteroatoms. The van der Waals surface area contributed by atoms with Crippen LogP contribution in [-0.4, -0.2) is 70.9 Å². The molecule has 1 atom stereocenters. The maximum atomic E-state index is 5.89. The topological polar surface area (TPSA) is 46.4 Å². The van der Waals surface area contributed by atoms with Crippen molar-refractivity contribution in [3.05, 3.63) is 0 Å². The molecule has 140 valence electrons. The summed E-state index contributed by atoms with van der Waals surface area (Å²) in [7, 11) is 0. The van der Waals surface area contributed by atoms with E-state index in [-0.39, 0.29) is 0 Å². The van der Waals surface area contributed by atoms with Crippen molar-refractivity contribution in [2.75, 3.05) is 50.0 Å². The molecule has 1 unspecified atom stereocenters. The van der Waals surface area contributed by atoms with E-state index in [1.54, 1.807) is 0 Å². The highest BCUT2D eigenvalue weighted by Gasteiger charge is 2.25. The number of piperidine rings is 1. The largest absolute Gasteiger partial charge is 0.376 e. The molecule has 25 heavy (non-hydrogen) atoms. The Hall–Kier alpha value is -0.790. The van der Waals surface area contributed by atoms with Gasteiger partial charge < -0.3 is 14.5 Å².